The number of ether oxygens (including phenoxy) is 12. The summed E-state index contributed by atoms with van der Waals surface area (Å²) in [4.78, 5) is 0. The summed E-state index contributed by atoms with van der Waals surface area (Å²) in [5.74, 6) is 0. The summed E-state index contributed by atoms with van der Waals surface area (Å²) in [7, 11) is 0. The molecule has 0 amide bonds. The van der Waals surface area contributed by atoms with Crippen LogP contribution in [0.2, 0.25) is 0 Å². The van der Waals surface area contributed by atoms with Crippen molar-refractivity contribution in [2.75, 3.05) is 26.2 Å². The van der Waals surface area contributed by atoms with Crippen LogP contribution in [-0.2, 0) is 82.8 Å². The molecule has 6 aliphatic heterocycles. The van der Waals surface area contributed by atoms with Crippen LogP contribution in [0, 0.1) is 0 Å². The van der Waals surface area contributed by atoms with E-state index in [9.17, 15) is 61.3 Å². The van der Waals surface area contributed by atoms with Crippen molar-refractivity contribution in [2.24, 2.45) is 68.8 Å². The summed E-state index contributed by atoms with van der Waals surface area (Å²) in [5, 5.41) is 150. The van der Waals surface area contributed by atoms with E-state index in [4.69, 9.17) is 126 Å². The van der Waals surface area contributed by atoms with E-state index in [1.54, 1.807) is 12.4 Å². The number of aliphatic hydroxyl groups is 12. The molecule has 2 saturated carbocycles. The molecule has 0 bridgehead atoms. The predicted octanol–water partition coefficient (Wildman–Crippen LogP) is -15.0. The second kappa shape index (κ2) is 34.0. The third-order valence-electron chi connectivity index (χ3n) is 20.5. The van der Waals surface area contributed by atoms with Crippen molar-refractivity contribution in [2.45, 2.75) is 298 Å². The molecule has 42 heteroatoms. The first-order valence-corrected chi connectivity index (χ1v) is 33.8. The summed E-state index contributed by atoms with van der Waals surface area (Å²) in [6.45, 7) is 2.80. The van der Waals surface area contributed by atoms with Crippen LogP contribution in [-0.4, -0.2) is 350 Å². The smallest absolute Gasteiger partial charge is 0.187 e. The van der Waals surface area contributed by atoms with E-state index in [-0.39, 0.29) is 52.1 Å². The molecule has 572 valence electrons. The number of aromatic nitrogens is 6. The number of hydrogen-bond acceptors (Lipinski definition) is 40. The summed E-state index contributed by atoms with van der Waals surface area (Å²) in [6.07, 6.45) is -36.7. The number of aryl methyl sites for hydroxylation is 2. The van der Waals surface area contributed by atoms with Crippen molar-refractivity contribution >= 4 is 0 Å². The summed E-state index contributed by atoms with van der Waals surface area (Å²) in [5.41, 5.74) is 77.4. The van der Waals surface area contributed by atoms with Crippen molar-refractivity contribution in [3.05, 3.63) is 34.9 Å². The lowest BCUT2D eigenvalue weighted by atomic mass is 9.84. The van der Waals surface area contributed by atoms with E-state index in [2.05, 4.69) is 20.6 Å². The Kier molecular flexibility index (Phi) is 26.9. The van der Waals surface area contributed by atoms with Crippen LogP contribution >= 0.6 is 0 Å². The lowest BCUT2D eigenvalue weighted by Gasteiger charge is -2.47. The van der Waals surface area contributed by atoms with Crippen LogP contribution in [0.1, 0.15) is 50.9 Å². The Hall–Kier alpha value is -3.42. The van der Waals surface area contributed by atoms with Gasteiger partial charge >= 0.3 is 0 Å². The number of rotatable bonds is 26. The first-order valence-electron chi connectivity index (χ1n) is 33.8. The Balaban J connectivity index is 0.791. The van der Waals surface area contributed by atoms with Crippen LogP contribution in [0.25, 0.3) is 0 Å². The fraction of sp³-hybridized carbons (Fsp3) is 0.897. The van der Waals surface area contributed by atoms with E-state index < -0.39 is 233 Å². The van der Waals surface area contributed by atoms with Gasteiger partial charge in [0.15, 0.2) is 37.7 Å². The van der Waals surface area contributed by atoms with E-state index in [1.165, 1.54) is 9.36 Å². The lowest BCUT2D eigenvalue weighted by molar-refractivity contribution is -0.306. The second-order valence-corrected chi connectivity index (χ2v) is 27.6. The fourth-order valence-electron chi connectivity index (χ4n) is 14.0. The Bertz CT molecular complexity index is 2740. The first kappa shape index (κ1) is 79.2. The maximum atomic E-state index is 12.1. The van der Waals surface area contributed by atoms with Crippen molar-refractivity contribution in [1.29, 1.82) is 0 Å². The number of allylic oxidation sites excluding steroid dienone is 2. The molecule has 2 aromatic rings. The molecular formula is C58H106N18O24. The molecular weight excluding hydrogens is 1330 g/mol. The minimum absolute atomic E-state index is 0.0265. The molecule has 100 heavy (non-hydrogen) atoms. The normalized spacial score (nSPS) is 47.6. The average Bonchev–Trinajstić information content (AvgIpc) is 1.37. The monoisotopic (exact) mass is 1440 g/mol. The van der Waals surface area contributed by atoms with Gasteiger partial charge in [0.1, 0.15) is 134 Å². The van der Waals surface area contributed by atoms with Gasteiger partial charge in [-0.1, -0.05) is 21.6 Å². The Morgan fingerprint density at radius 2 is 0.630 bits per heavy atom. The van der Waals surface area contributed by atoms with Crippen LogP contribution in [0.15, 0.2) is 23.5 Å². The van der Waals surface area contributed by atoms with Gasteiger partial charge in [0.05, 0.1) is 60.9 Å². The summed E-state index contributed by atoms with van der Waals surface area (Å²) >= 11 is 0. The van der Waals surface area contributed by atoms with Crippen LogP contribution in [0.3, 0.4) is 0 Å². The number of hydrogen-bond donors (Lipinski definition) is 24. The molecule has 10 rings (SSSR count). The molecule has 2 aromatic heterocycles. The highest BCUT2D eigenvalue weighted by atomic mass is 16.8. The van der Waals surface area contributed by atoms with E-state index >= 15 is 0 Å². The van der Waals surface area contributed by atoms with E-state index in [0.717, 1.165) is 11.1 Å². The summed E-state index contributed by atoms with van der Waals surface area (Å²) < 4.78 is 76.7. The highest BCUT2D eigenvalue weighted by molar-refractivity contribution is 5.14. The van der Waals surface area contributed by atoms with Gasteiger partial charge in [0, 0.05) is 62.7 Å². The third-order valence-corrected chi connectivity index (χ3v) is 20.5. The molecule has 8 heterocycles. The maximum Gasteiger partial charge on any atom is 0.187 e. The van der Waals surface area contributed by atoms with E-state index in [1.807, 2.05) is 13.8 Å². The van der Waals surface area contributed by atoms with Gasteiger partial charge in [0.2, 0.25) is 0 Å². The molecule has 0 spiro atoms. The van der Waals surface area contributed by atoms with Gasteiger partial charge in [-0.25, -0.2) is 9.36 Å². The average molecular weight is 1440 g/mol. The zero-order valence-electron chi connectivity index (χ0n) is 55.5. The number of aliphatic hydroxyl groups excluding tert-OH is 12. The first-order chi connectivity index (χ1) is 47.5. The van der Waals surface area contributed by atoms with Crippen molar-refractivity contribution < 1.29 is 118 Å². The molecule has 38 atom stereocenters. The standard InChI is InChI=1S/C58H106N18O24/c1-17(3-5-19-13-75(73-71-19)15-29-49(97-55-33(69)43(85)39(81)27(11-61)91-55)45(87)57(93-29)99-51-35(77)21(63)7-23(65)47(51)95-53-31(67)41(83)37(79)25(9-59)89-53)18(2)4-6-20-14-76(74-72-20)16-30-50(98-56-34(70)44(86)40(82)28(12-62)92-56)46(88)58(94-30)100-52-36(78)22(64)8-24(66)48(52)96-54-32(68)42(84)38(80)26(10-60)90-54/h13-14,21-58,77-88H,3-12,15-16,59-70H2,1-2H3/b18-17+/t21-,22-,23?,24?,25?,26?,27+,28+,29-,30-,31?,32?,33?,34?,35?,36?,37?,38?,39?,40?,41-,42-,43?,44?,45?,46?,47?,48?,49?,50?,51-,52-,53-,54-,55-,56-,57+,58+/m1/s1. The SMILES string of the molecule is C/C(CCc1cn(C[C@H]2O[C@@H](O[C@H]3C(O[C@H]4OC(CN)C(O)[C@H](O)C4N)C(N)C[C@@H](N)C3O)C(O)C2O[C@H]2O[C@@H](CN)C(O)C(O)C2N)nn1)=C(/C)CCc1cn(C[C@H]2O[C@@H](O[C@H]3C(O[C@H]4OC(CN)C(O)[C@H](O)C4N)C(N)C[C@@H](N)C3O)C(O)C2O[C@H]2O[C@@H](CN)C(O)C(O)C2N)nn1. The maximum absolute atomic E-state index is 12.1. The largest absolute Gasteiger partial charge is 0.389 e. The summed E-state index contributed by atoms with van der Waals surface area (Å²) in [6, 6.07) is -9.07. The molecule has 8 aliphatic rings. The van der Waals surface area contributed by atoms with Crippen LogP contribution < -0.4 is 68.8 Å². The molecule has 42 nitrogen and oxygen atoms in total. The molecule has 36 N–H and O–H groups in total. The number of nitrogens with two attached hydrogens (primary N) is 12. The van der Waals surface area contributed by atoms with Gasteiger partial charge < -0.3 is 187 Å². The molecule has 0 radical (unpaired) electrons. The fourth-order valence-corrected chi connectivity index (χ4v) is 14.0. The lowest BCUT2D eigenvalue weighted by Crippen LogP contribution is -2.68. The number of nitrogens with zero attached hydrogens (tertiary/aromatic N) is 6. The van der Waals surface area contributed by atoms with Crippen molar-refractivity contribution in [1.82, 2.24) is 30.0 Å². The molecule has 8 fully saturated rings. The molecule has 0 aromatic carbocycles. The Morgan fingerprint density at radius 1 is 0.360 bits per heavy atom. The minimum Gasteiger partial charge on any atom is -0.389 e. The molecule has 6 saturated heterocycles. The Morgan fingerprint density at radius 3 is 0.920 bits per heavy atom. The van der Waals surface area contributed by atoms with Crippen LogP contribution in [0.4, 0.5) is 0 Å². The second-order valence-electron chi connectivity index (χ2n) is 27.6. The van der Waals surface area contributed by atoms with Gasteiger partial charge in [0.25, 0.3) is 0 Å². The van der Waals surface area contributed by atoms with Gasteiger partial charge in [-0.05, 0) is 52.4 Å². The van der Waals surface area contributed by atoms with Crippen molar-refractivity contribution in [3.63, 3.8) is 0 Å². The molecule has 2 aliphatic carbocycles. The van der Waals surface area contributed by atoms with Gasteiger partial charge in [-0.2, -0.15) is 0 Å². The minimum atomic E-state index is -1.69. The molecule has 22 unspecified atom stereocenters. The zero-order valence-corrected chi connectivity index (χ0v) is 55.5. The van der Waals surface area contributed by atoms with Gasteiger partial charge in [-0.3, -0.25) is 0 Å². The topological polar surface area (TPSA) is 727 Å². The highest BCUT2D eigenvalue weighted by Crippen LogP contribution is 2.38. The zero-order chi connectivity index (χ0) is 72.6. The van der Waals surface area contributed by atoms with E-state index in [0.29, 0.717) is 37.1 Å². The van der Waals surface area contributed by atoms with Crippen molar-refractivity contribution in [3.8, 4) is 0 Å². The highest BCUT2D eigenvalue weighted by Gasteiger charge is 2.58. The Labute approximate surface area is 574 Å². The quantitative estimate of drug-likeness (QED) is 0.0389. The van der Waals surface area contributed by atoms with Crippen LogP contribution in [0.5, 0.6) is 0 Å². The van der Waals surface area contributed by atoms with Gasteiger partial charge in [-0.15, -0.1) is 10.2 Å². The third kappa shape index (κ3) is 17.0. The predicted molar refractivity (Wildman–Crippen MR) is 338 cm³/mol.